The van der Waals surface area contributed by atoms with Crippen molar-refractivity contribution in [3.05, 3.63) is 29.8 Å². The average molecular weight is 236 g/mol. The fraction of sp³-hybridized carbons (Fsp3) is 0.200. The van der Waals surface area contributed by atoms with Gasteiger partial charge in [-0.25, -0.2) is 4.79 Å². The summed E-state index contributed by atoms with van der Waals surface area (Å²) in [5, 5.41) is 9.25. The molecule has 0 saturated heterocycles. The van der Waals surface area contributed by atoms with Crippen LogP contribution in [0.25, 0.3) is 0 Å². The Morgan fingerprint density at radius 3 is 2.53 bits per heavy atom. The van der Waals surface area contributed by atoms with Gasteiger partial charge >= 0.3 is 49.7 Å². The maximum atomic E-state index is 11.2. The van der Waals surface area contributed by atoms with Crippen molar-refractivity contribution in [3.63, 3.8) is 0 Å². The van der Waals surface area contributed by atoms with Gasteiger partial charge in [0, 0.05) is 6.42 Å². The van der Waals surface area contributed by atoms with E-state index in [0.29, 0.717) is 0 Å². The van der Waals surface area contributed by atoms with E-state index >= 15 is 0 Å². The number of rotatable bonds is 2. The van der Waals surface area contributed by atoms with Gasteiger partial charge in [0.2, 0.25) is 0 Å². The minimum atomic E-state index is -0.824. The van der Waals surface area contributed by atoms with E-state index < -0.39 is 11.9 Å². The van der Waals surface area contributed by atoms with E-state index in [4.69, 9.17) is 0 Å². The third-order valence-electron chi connectivity index (χ3n) is 1.62. The monoisotopic (exact) mass is 236 g/mol. The number of aromatic hydroxyl groups is 1. The Bertz CT molecular complexity index is 371. The summed E-state index contributed by atoms with van der Waals surface area (Å²) in [7, 11) is 0. The molecule has 0 aliphatic rings. The normalized spacial score (nSPS) is 8.87. The van der Waals surface area contributed by atoms with E-state index in [-0.39, 0.29) is 58.3 Å². The van der Waals surface area contributed by atoms with Crippen LogP contribution in [-0.4, -0.2) is 54.8 Å². The van der Waals surface area contributed by atoms with Gasteiger partial charge < -0.3 is 12.7 Å². The smallest absolute Gasteiger partial charge is 1.00 e. The predicted octanol–water partition coefficient (Wildman–Crippen LogP) is 1.33. The summed E-state index contributed by atoms with van der Waals surface area (Å²) in [5.74, 6) is -1.63. The number of carbonyl (C=O) groups is 2. The number of esters is 2. The van der Waals surface area contributed by atoms with Crippen LogP contribution in [0.5, 0.6) is 5.75 Å². The third-order valence-corrected chi connectivity index (χ3v) is 1.62. The molecule has 5 heteroatoms. The van der Waals surface area contributed by atoms with Gasteiger partial charge in [0.1, 0.15) is 11.3 Å². The predicted molar refractivity (Wildman–Crippen MR) is 56.8 cm³/mol. The maximum absolute atomic E-state index is 11.2. The number of hydrogen-bond acceptors (Lipinski definition) is 4. The quantitative estimate of drug-likeness (QED) is 0.478. The van der Waals surface area contributed by atoms with Crippen LogP contribution in [0.2, 0.25) is 0 Å². The molecule has 78 valence electrons. The molecule has 0 aromatic heterocycles. The molecule has 0 aliphatic carbocycles. The third kappa shape index (κ3) is 4.20. The molecule has 0 fully saturated rings. The van der Waals surface area contributed by atoms with Crippen LogP contribution in [-0.2, 0) is 9.53 Å². The number of carbonyl (C=O) groups excluding carboxylic acids is 2. The zero-order valence-corrected chi connectivity index (χ0v) is 10.6. The van der Waals surface area contributed by atoms with E-state index in [1.807, 2.05) is 0 Å². The van der Waals surface area contributed by atoms with Crippen molar-refractivity contribution >= 4 is 49.7 Å². The van der Waals surface area contributed by atoms with Crippen molar-refractivity contribution < 1.29 is 22.3 Å². The van der Waals surface area contributed by atoms with Gasteiger partial charge in [-0.3, -0.25) is 4.79 Å². The Labute approximate surface area is 120 Å². The molecular formula is C10H12CaO4. The van der Waals surface area contributed by atoms with Crippen LogP contribution >= 0.6 is 0 Å². The Morgan fingerprint density at radius 2 is 2.00 bits per heavy atom. The molecule has 1 aromatic carbocycles. The summed E-state index contributed by atoms with van der Waals surface area (Å²) < 4.78 is 4.43. The molecule has 0 heterocycles. The minimum absolute atomic E-state index is 0. The van der Waals surface area contributed by atoms with Gasteiger partial charge in [0.05, 0.1) is 0 Å². The summed E-state index contributed by atoms with van der Waals surface area (Å²) in [6.45, 7) is 1.58. The molecule has 0 radical (unpaired) electrons. The van der Waals surface area contributed by atoms with Crippen LogP contribution in [0.1, 0.15) is 26.6 Å². The van der Waals surface area contributed by atoms with E-state index in [1.165, 1.54) is 12.1 Å². The first-order chi connectivity index (χ1) is 6.65. The maximum Gasteiger partial charge on any atom is 2.00 e. The first-order valence-corrected chi connectivity index (χ1v) is 4.18. The Hall–Kier alpha value is -0.580. The number of phenolic OH excluding ortho intramolecular Hbond substituents is 1. The molecule has 1 rings (SSSR count). The van der Waals surface area contributed by atoms with Gasteiger partial charge in [-0.05, 0) is 12.1 Å². The summed E-state index contributed by atoms with van der Waals surface area (Å²) in [5.41, 5.74) is -0.00528. The Morgan fingerprint density at radius 1 is 1.40 bits per heavy atom. The van der Waals surface area contributed by atoms with Crippen molar-refractivity contribution in [1.82, 2.24) is 0 Å². The average Bonchev–Trinajstić information content (AvgIpc) is 2.18. The van der Waals surface area contributed by atoms with Gasteiger partial charge in [0.25, 0.3) is 0 Å². The number of hydrogen-bond donors (Lipinski definition) is 1. The van der Waals surface area contributed by atoms with Crippen molar-refractivity contribution in [2.75, 3.05) is 0 Å². The Kier molecular flexibility index (Phi) is 6.56. The molecule has 0 aliphatic heterocycles. The molecule has 0 bridgehead atoms. The minimum Gasteiger partial charge on any atom is -1.00 e. The summed E-state index contributed by atoms with van der Waals surface area (Å²) in [6, 6.07) is 5.90. The van der Waals surface area contributed by atoms with Crippen LogP contribution < -0.4 is 0 Å². The van der Waals surface area contributed by atoms with E-state index in [9.17, 15) is 14.7 Å². The van der Waals surface area contributed by atoms with Crippen molar-refractivity contribution in [2.45, 2.75) is 13.3 Å². The van der Waals surface area contributed by atoms with Gasteiger partial charge in [-0.1, -0.05) is 19.1 Å². The second kappa shape index (κ2) is 6.82. The van der Waals surface area contributed by atoms with Crippen LogP contribution in [0.4, 0.5) is 0 Å². The first kappa shape index (κ1) is 14.4. The molecule has 15 heavy (non-hydrogen) atoms. The molecular weight excluding hydrogens is 224 g/mol. The molecule has 1 N–H and O–H groups in total. The van der Waals surface area contributed by atoms with Crippen LogP contribution in [0.15, 0.2) is 24.3 Å². The van der Waals surface area contributed by atoms with Crippen molar-refractivity contribution in [1.29, 1.82) is 0 Å². The second-order valence-electron chi connectivity index (χ2n) is 2.63. The number of para-hydroxylation sites is 1. The molecule has 0 spiro atoms. The summed E-state index contributed by atoms with van der Waals surface area (Å²) in [6.07, 6.45) is 0.124. The SMILES string of the molecule is CCC(=O)OC(=O)c1ccccc1O.[Ca+2].[H-].[H-]. The number of benzene rings is 1. The molecule has 0 atom stereocenters. The number of ether oxygens (including phenoxy) is 1. The zero-order valence-electron chi connectivity index (χ0n) is 10.4. The zero-order chi connectivity index (χ0) is 10.6. The topological polar surface area (TPSA) is 63.6 Å². The van der Waals surface area contributed by atoms with E-state index in [0.717, 1.165) is 0 Å². The second-order valence-corrected chi connectivity index (χ2v) is 2.63. The first-order valence-electron chi connectivity index (χ1n) is 4.18. The Balaban J connectivity index is -0.000000653. The van der Waals surface area contributed by atoms with Crippen LogP contribution in [0, 0.1) is 0 Å². The van der Waals surface area contributed by atoms with Crippen molar-refractivity contribution in [3.8, 4) is 5.75 Å². The molecule has 0 amide bonds. The molecule has 4 nitrogen and oxygen atoms in total. The fourth-order valence-corrected chi connectivity index (χ4v) is 0.877. The van der Waals surface area contributed by atoms with Gasteiger partial charge in [-0.15, -0.1) is 0 Å². The molecule has 1 aromatic rings. The van der Waals surface area contributed by atoms with E-state index in [1.54, 1.807) is 19.1 Å². The molecule has 0 saturated carbocycles. The standard InChI is InChI=1S/C10H10O4.Ca.2H/c1-2-9(12)14-10(13)7-5-3-4-6-8(7)11;;;/h3-6,11H,2H2,1H3;;;/q;+2;2*-1. The largest absolute Gasteiger partial charge is 2.00 e. The fourth-order valence-electron chi connectivity index (χ4n) is 0.877. The van der Waals surface area contributed by atoms with Crippen molar-refractivity contribution in [2.24, 2.45) is 0 Å². The van der Waals surface area contributed by atoms with Gasteiger partial charge in [0.15, 0.2) is 0 Å². The summed E-state index contributed by atoms with van der Waals surface area (Å²) in [4.78, 5) is 22.0. The van der Waals surface area contributed by atoms with Crippen LogP contribution in [0.3, 0.4) is 0 Å². The summed E-state index contributed by atoms with van der Waals surface area (Å²) >= 11 is 0. The van der Waals surface area contributed by atoms with Gasteiger partial charge in [-0.2, -0.15) is 0 Å². The molecule has 0 unspecified atom stereocenters. The van der Waals surface area contributed by atoms with E-state index in [2.05, 4.69) is 4.74 Å². The number of phenols is 1.